The number of nitrogens with zero attached hydrogens (tertiary/aromatic N) is 3. The SMILES string of the molecule is CCc1ccc(NC(=O)c2cc(N3CCN(C(C)=O)CC3)ccn2)cc1. The molecule has 1 aliphatic rings. The summed E-state index contributed by atoms with van der Waals surface area (Å²) < 4.78 is 0. The minimum atomic E-state index is -0.224. The molecule has 1 N–H and O–H groups in total. The molecule has 1 fully saturated rings. The number of benzene rings is 1. The van der Waals surface area contributed by atoms with Gasteiger partial charge in [0.15, 0.2) is 0 Å². The fourth-order valence-corrected chi connectivity index (χ4v) is 3.04. The zero-order chi connectivity index (χ0) is 18.5. The molecule has 3 rings (SSSR count). The van der Waals surface area contributed by atoms with Gasteiger partial charge in [-0.1, -0.05) is 19.1 Å². The van der Waals surface area contributed by atoms with E-state index in [1.807, 2.05) is 35.2 Å². The number of hydrogen-bond donors (Lipinski definition) is 1. The van der Waals surface area contributed by atoms with E-state index in [9.17, 15) is 9.59 Å². The lowest BCUT2D eigenvalue weighted by Crippen LogP contribution is -2.48. The number of piperazine rings is 1. The number of aromatic nitrogens is 1. The molecule has 1 saturated heterocycles. The van der Waals surface area contributed by atoms with Crippen LogP contribution >= 0.6 is 0 Å². The molecule has 2 heterocycles. The largest absolute Gasteiger partial charge is 0.368 e. The predicted molar refractivity (Wildman–Crippen MR) is 102 cm³/mol. The molecule has 1 aliphatic heterocycles. The van der Waals surface area contributed by atoms with Crippen LogP contribution in [-0.4, -0.2) is 47.9 Å². The summed E-state index contributed by atoms with van der Waals surface area (Å²) in [6, 6.07) is 11.5. The Morgan fingerprint density at radius 2 is 1.77 bits per heavy atom. The van der Waals surface area contributed by atoms with Crippen LogP contribution in [0.3, 0.4) is 0 Å². The maximum atomic E-state index is 12.5. The predicted octanol–water partition coefficient (Wildman–Crippen LogP) is 2.56. The van der Waals surface area contributed by atoms with Gasteiger partial charge in [-0.2, -0.15) is 0 Å². The Kier molecular flexibility index (Phi) is 5.51. The molecule has 1 aromatic heterocycles. The Balaban J connectivity index is 1.66. The van der Waals surface area contributed by atoms with E-state index in [-0.39, 0.29) is 11.8 Å². The van der Waals surface area contributed by atoms with Crippen molar-refractivity contribution >= 4 is 23.2 Å². The first-order valence-electron chi connectivity index (χ1n) is 8.93. The van der Waals surface area contributed by atoms with Gasteiger partial charge in [-0.25, -0.2) is 0 Å². The van der Waals surface area contributed by atoms with Crippen molar-refractivity contribution in [2.45, 2.75) is 20.3 Å². The summed E-state index contributed by atoms with van der Waals surface area (Å²) in [4.78, 5) is 32.2. The van der Waals surface area contributed by atoms with Crippen molar-refractivity contribution in [1.29, 1.82) is 0 Å². The van der Waals surface area contributed by atoms with Crippen molar-refractivity contribution in [3.63, 3.8) is 0 Å². The van der Waals surface area contributed by atoms with Crippen LogP contribution < -0.4 is 10.2 Å². The number of pyridine rings is 1. The summed E-state index contributed by atoms with van der Waals surface area (Å²) >= 11 is 0. The van der Waals surface area contributed by atoms with Gasteiger partial charge in [-0.3, -0.25) is 14.6 Å². The molecule has 0 atom stereocenters. The highest BCUT2D eigenvalue weighted by Crippen LogP contribution is 2.18. The fourth-order valence-electron chi connectivity index (χ4n) is 3.04. The first-order chi connectivity index (χ1) is 12.6. The lowest BCUT2D eigenvalue weighted by molar-refractivity contribution is -0.129. The number of carbonyl (C=O) groups excluding carboxylic acids is 2. The summed E-state index contributed by atoms with van der Waals surface area (Å²) in [5, 5.41) is 2.89. The molecule has 0 saturated carbocycles. The summed E-state index contributed by atoms with van der Waals surface area (Å²) in [6.45, 7) is 6.59. The maximum Gasteiger partial charge on any atom is 0.274 e. The number of carbonyl (C=O) groups is 2. The lowest BCUT2D eigenvalue weighted by Gasteiger charge is -2.35. The van der Waals surface area contributed by atoms with Gasteiger partial charge in [0, 0.05) is 50.7 Å². The normalized spacial score (nSPS) is 14.2. The molecule has 2 amide bonds. The molecule has 0 aliphatic carbocycles. The highest BCUT2D eigenvalue weighted by Gasteiger charge is 2.19. The smallest absolute Gasteiger partial charge is 0.274 e. The number of amides is 2. The lowest BCUT2D eigenvalue weighted by atomic mass is 10.1. The molecule has 136 valence electrons. The Bertz CT molecular complexity index is 781. The molecular formula is C20H24N4O2. The average molecular weight is 352 g/mol. The van der Waals surface area contributed by atoms with Gasteiger partial charge in [0.25, 0.3) is 5.91 Å². The van der Waals surface area contributed by atoms with E-state index in [1.54, 1.807) is 19.2 Å². The van der Waals surface area contributed by atoms with E-state index >= 15 is 0 Å². The van der Waals surface area contributed by atoms with Crippen LogP contribution in [0.15, 0.2) is 42.6 Å². The number of aryl methyl sites for hydroxylation is 1. The highest BCUT2D eigenvalue weighted by molar-refractivity contribution is 6.03. The number of anilines is 2. The van der Waals surface area contributed by atoms with Crippen molar-refractivity contribution < 1.29 is 9.59 Å². The van der Waals surface area contributed by atoms with Gasteiger partial charge in [0.2, 0.25) is 5.91 Å². The summed E-state index contributed by atoms with van der Waals surface area (Å²) in [7, 11) is 0. The molecule has 6 nitrogen and oxygen atoms in total. The van der Waals surface area contributed by atoms with E-state index in [4.69, 9.17) is 0 Å². The van der Waals surface area contributed by atoms with Gasteiger partial charge < -0.3 is 15.1 Å². The van der Waals surface area contributed by atoms with Crippen LogP contribution in [0.5, 0.6) is 0 Å². The highest BCUT2D eigenvalue weighted by atomic mass is 16.2. The molecule has 0 unspecified atom stereocenters. The molecule has 0 bridgehead atoms. The Labute approximate surface area is 153 Å². The zero-order valence-electron chi connectivity index (χ0n) is 15.2. The van der Waals surface area contributed by atoms with Gasteiger partial charge >= 0.3 is 0 Å². The number of hydrogen-bond acceptors (Lipinski definition) is 4. The van der Waals surface area contributed by atoms with Crippen LogP contribution in [0.2, 0.25) is 0 Å². The third-order valence-corrected chi connectivity index (χ3v) is 4.69. The molecule has 26 heavy (non-hydrogen) atoms. The van der Waals surface area contributed by atoms with Crippen molar-refractivity contribution in [2.24, 2.45) is 0 Å². The quantitative estimate of drug-likeness (QED) is 0.918. The summed E-state index contributed by atoms with van der Waals surface area (Å²) in [5.74, 6) is -0.119. The minimum absolute atomic E-state index is 0.105. The first kappa shape index (κ1) is 17.9. The molecular weight excluding hydrogens is 328 g/mol. The third-order valence-electron chi connectivity index (χ3n) is 4.69. The Morgan fingerprint density at radius 1 is 1.08 bits per heavy atom. The van der Waals surface area contributed by atoms with Crippen molar-refractivity contribution in [2.75, 3.05) is 36.4 Å². The zero-order valence-corrected chi connectivity index (χ0v) is 15.2. The molecule has 1 aromatic carbocycles. The minimum Gasteiger partial charge on any atom is -0.368 e. The van der Waals surface area contributed by atoms with Crippen LogP contribution in [0, 0.1) is 0 Å². The van der Waals surface area contributed by atoms with E-state index in [2.05, 4.69) is 22.1 Å². The second-order valence-corrected chi connectivity index (χ2v) is 6.40. The van der Waals surface area contributed by atoms with Crippen molar-refractivity contribution in [1.82, 2.24) is 9.88 Å². The van der Waals surface area contributed by atoms with Gasteiger partial charge in [0.1, 0.15) is 5.69 Å². The number of rotatable bonds is 4. The van der Waals surface area contributed by atoms with E-state index in [1.165, 1.54) is 5.56 Å². The van der Waals surface area contributed by atoms with Gasteiger partial charge in [0.05, 0.1) is 0 Å². The van der Waals surface area contributed by atoms with Gasteiger partial charge in [-0.15, -0.1) is 0 Å². The molecule has 2 aromatic rings. The van der Waals surface area contributed by atoms with Crippen LogP contribution in [-0.2, 0) is 11.2 Å². The van der Waals surface area contributed by atoms with Crippen LogP contribution in [0.25, 0.3) is 0 Å². The molecule has 6 heteroatoms. The van der Waals surface area contributed by atoms with E-state index in [0.717, 1.165) is 30.9 Å². The van der Waals surface area contributed by atoms with Crippen LogP contribution in [0.1, 0.15) is 29.9 Å². The Hall–Kier alpha value is -2.89. The second kappa shape index (κ2) is 7.99. The average Bonchev–Trinajstić information content (AvgIpc) is 2.68. The standard InChI is InChI=1S/C20H24N4O2/c1-3-16-4-6-17(7-5-16)22-20(26)19-14-18(8-9-21-19)24-12-10-23(11-13-24)15(2)25/h4-9,14H,3,10-13H2,1-2H3,(H,22,26). The van der Waals surface area contributed by atoms with E-state index in [0.29, 0.717) is 18.8 Å². The third kappa shape index (κ3) is 4.20. The molecule has 0 spiro atoms. The van der Waals surface area contributed by atoms with Crippen molar-refractivity contribution in [3.8, 4) is 0 Å². The van der Waals surface area contributed by atoms with Gasteiger partial charge in [-0.05, 0) is 36.2 Å². The van der Waals surface area contributed by atoms with Crippen LogP contribution in [0.4, 0.5) is 11.4 Å². The fraction of sp³-hybridized carbons (Fsp3) is 0.350. The Morgan fingerprint density at radius 3 is 2.38 bits per heavy atom. The summed E-state index contributed by atoms with van der Waals surface area (Å²) in [5.41, 5.74) is 3.33. The summed E-state index contributed by atoms with van der Waals surface area (Å²) in [6.07, 6.45) is 2.62. The van der Waals surface area contributed by atoms with Crippen molar-refractivity contribution in [3.05, 3.63) is 53.9 Å². The topological polar surface area (TPSA) is 65.5 Å². The first-order valence-corrected chi connectivity index (χ1v) is 8.93. The number of nitrogens with one attached hydrogen (secondary N) is 1. The van der Waals surface area contributed by atoms with E-state index < -0.39 is 0 Å². The second-order valence-electron chi connectivity index (χ2n) is 6.40. The maximum absolute atomic E-state index is 12.5. The monoisotopic (exact) mass is 352 g/mol. The molecule has 0 radical (unpaired) electrons.